The zero-order chi connectivity index (χ0) is 13.8. The fraction of sp³-hybridized carbons (Fsp3) is 0.867. The predicted octanol–water partition coefficient (Wildman–Crippen LogP) is 2.70. The Bertz CT molecular complexity index is 412. The summed E-state index contributed by atoms with van der Waals surface area (Å²) in [5.74, 6) is 2.06. The molecule has 1 aromatic rings. The number of rotatable bonds is 4. The highest BCUT2D eigenvalue weighted by molar-refractivity contribution is 5.28. The number of nitrogens with zero attached hydrogens (tertiary/aromatic N) is 3. The van der Waals surface area contributed by atoms with Crippen molar-refractivity contribution in [2.45, 2.75) is 63.8 Å². The first kappa shape index (κ1) is 13.9. The summed E-state index contributed by atoms with van der Waals surface area (Å²) in [6.07, 6.45) is 8.78. The summed E-state index contributed by atoms with van der Waals surface area (Å²) in [5.41, 5.74) is 0. The average Bonchev–Trinajstić information content (AvgIpc) is 3.02. The van der Waals surface area contributed by atoms with Crippen LogP contribution in [-0.2, 0) is 0 Å². The molecule has 0 radical (unpaired) electrons. The molecule has 2 aliphatic rings. The Morgan fingerprint density at radius 1 is 1.15 bits per heavy atom. The summed E-state index contributed by atoms with van der Waals surface area (Å²) in [7, 11) is 0. The van der Waals surface area contributed by atoms with Gasteiger partial charge in [0, 0.05) is 19.1 Å². The first-order valence-corrected chi connectivity index (χ1v) is 8.20. The molecule has 112 valence electrons. The van der Waals surface area contributed by atoms with Crippen LogP contribution in [0.4, 0.5) is 5.95 Å². The number of anilines is 1. The van der Waals surface area contributed by atoms with Crippen LogP contribution in [0, 0.1) is 0 Å². The van der Waals surface area contributed by atoms with Crippen LogP contribution in [0.15, 0.2) is 4.52 Å². The van der Waals surface area contributed by atoms with Crippen LogP contribution in [-0.4, -0.2) is 35.8 Å². The number of nitrogens with one attached hydrogen (secondary N) is 1. The summed E-state index contributed by atoms with van der Waals surface area (Å²) >= 11 is 0. The summed E-state index contributed by atoms with van der Waals surface area (Å²) in [4.78, 5) is 6.99. The van der Waals surface area contributed by atoms with Crippen molar-refractivity contribution in [3.63, 3.8) is 0 Å². The number of aromatic nitrogens is 2. The molecule has 1 N–H and O–H groups in total. The Morgan fingerprint density at radius 3 is 2.70 bits per heavy atom. The maximum Gasteiger partial charge on any atom is 0.266 e. The topological polar surface area (TPSA) is 54.2 Å². The molecular formula is C15H26N4O. The fourth-order valence-corrected chi connectivity index (χ4v) is 3.54. The lowest BCUT2D eigenvalue weighted by atomic mass is 10.0. The molecular weight excluding hydrogens is 252 g/mol. The first-order valence-electron chi connectivity index (χ1n) is 8.20. The minimum absolute atomic E-state index is 0.406. The van der Waals surface area contributed by atoms with Crippen LogP contribution in [0.2, 0.25) is 0 Å². The molecule has 2 fully saturated rings. The van der Waals surface area contributed by atoms with Crippen molar-refractivity contribution >= 4 is 5.95 Å². The number of hydrogen-bond donors (Lipinski definition) is 1. The van der Waals surface area contributed by atoms with Gasteiger partial charge in [0.25, 0.3) is 5.95 Å². The lowest BCUT2D eigenvalue weighted by Gasteiger charge is -2.18. The third-order valence-electron chi connectivity index (χ3n) is 4.62. The van der Waals surface area contributed by atoms with E-state index in [1.165, 1.54) is 44.9 Å². The van der Waals surface area contributed by atoms with Gasteiger partial charge >= 0.3 is 0 Å². The fourth-order valence-electron chi connectivity index (χ4n) is 3.54. The van der Waals surface area contributed by atoms with Gasteiger partial charge in [0.1, 0.15) is 0 Å². The SMILES string of the molecule is CCNC1CCCC1c1nc(N2CCCCCC2)no1. The minimum atomic E-state index is 0.406. The van der Waals surface area contributed by atoms with Crippen LogP contribution in [0.3, 0.4) is 0 Å². The number of likely N-dealkylation sites (N-methyl/N-ethyl adjacent to an activating group) is 1. The highest BCUT2D eigenvalue weighted by atomic mass is 16.5. The monoisotopic (exact) mass is 278 g/mol. The largest absolute Gasteiger partial charge is 0.338 e. The van der Waals surface area contributed by atoms with E-state index in [9.17, 15) is 0 Å². The van der Waals surface area contributed by atoms with Crippen molar-refractivity contribution in [1.29, 1.82) is 0 Å². The molecule has 1 aliphatic carbocycles. The Labute approximate surface area is 121 Å². The Morgan fingerprint density at radius 2 is 1.95 bits per heavy atom. The van der Waals surface area contributed by atoms with E-state index in [2.05, 4.69) is 22.3 Å². The molecule has 5 nitrogen and oxygen atoms in total. The van der Waals surface area contributed by atoms with Gasteiger partial charge in [-0.05, 0) is 37.4 Å². The van der Waals surface area contributed by atoms with Gasteiger partial charge < -0.3 is 14.7 Å². The second-order valence-electron chi connectivity index (χ2n) is 6.04. The normalized spacial score (nSPS) is 27.8. The van der Waals surface area contributed by atoms with Gasteiger partial charge in [0.15, 0.2) is 0 Å². The lowest BCUT2D eigenvalue weighted by Crippen LogP contribution is -2.31. The van der Waals surface area contributed by atoms with E-state index in [-0.39, 0.29) is 0 Å². The van der Waals surface area contributed by atoms with Crippen molar-refractivity contribution in [3.8, 4) is 0 Å². The molecule has 20 heavy (non-hydrogen) atoms. The molecule has 5 heteroatoms. The summed E-state index contributed by atoms with van der Waals surface area (Å²) < 4.78 is 5.58. The van der Waals surface area contributed by atoms with Gasteiger partial charge in [0.2, 0.25) is 5.89 Å². The molecule has 0 bridgehead atoms. The Kier molecular flexibility index (Phi) is 4.55. The van der Waals surface area contributed by atoms with Crippen molar-refractivity contribution < 1.29 is 4.52 Å². The molecule has 1 saturated heterocycles. The third-order valence-corrected chi connectivity index (χ3v) is 4.62. The zero-order valence-electron chi connectivity index (χ0n) is 12.5. The van der Waals surface area contributed by atoms with Crippen LogP contribution in [0.1, 0.15) is 63.7 Å². The van der Waals surface area contributed by atoms with Crippen LogP contribution in [0.25, 0.3) is 0 Å². The second-order valence-corrected chi connectivity index (χ2v) is 6.04. The molecule has 1 saturated carbocycles. The number of hydrogen-bond acceptors (Lipinski definition) is 5. The molecule has 0 aromatic carbocycles. The third kappa shape index (κ3) is 2.97. The van der Waals surface area contributed by atoms with Crippen molar-refractivity contribution in [1.82, 2.24) is 15.5 Å². The van der Waals surface area contributed by atoms with Gasteiger partial charge in [0.05, 0.1) is 5.92 Å². The minimum Gasteiger partial charge on any atom is -0.338 e. The van der Waals surface area contributed by atoms with E-state index < -0.39 is 0 Å². The quantitative estimate of drug-likeness (QED) is 0.917. The molecule has 1 aromatic heterocycles. The van der Waals surface area contributed by atoms with Crippen LogP contribution in [0.5, 0.6) is 0 Å². The summed E-state index contributed by atoms with van der Waals surface area (Å²) in [6.45, 7) is 5.31. The highest BCUT2D eigenvalue weighted by Gasteiger charge is 2.32. The van der Waals surface area contributed by atoms with Crippen molar-refractivity contribution in [2.75, 3.05) is 24.5 Å². The Balaban J connectivity index is 1.69. The van der Waals surface area contributed by atoms with E-state index in [0.717, 1.165) is 31.5 Å². The lowest BCUT2D eigenvalue weighted by molar-refractivity contribution is 0.331. The maximum absolute atomic E-state index is 5.58. The van der Waals surface area contributed by atoms with Crippen molar-refractivity contribution in [3.05, 3.63) is 5.89 Å². The molecule has 0 amide bonds. The van der Waals surface area contributed by atoms with Gasteiger partial charge in [-0.15, -0.1) is 0 Å². The van der Waals surface area contributed by atoms with Gasteiger partial charge in [-0.2, -0.15) is 4.98 Å². The standard InChI is InChI=1S/C15H26N4O/c1-2-16-13-9-7-8-12(13)14-17-15(18-20-14)19-10-5-3-4-6-11-19/h12-13,16H,2-11H2,1H3. The van der Waals surface area contributed by atoms with E-state index in [1.807, 2.05) is 0 Å². The maximum atomic E-state index is 5.58. The van der Waals surface area contributed by atoms with E-state index in [4.69, 9.17) is 9.51 Å². The van der Waals surface area contributed by atoms with Gasteiger partial charge in [-0.1, -0.05) is 26.2 Å². The molecule has 1 aliphatic heterocycles. The molecule has 2 unspecified atom stereocenters. The predicted molar refractivity (Wildman–Crippen MR) is 79.0 cm³/mol. The molecule has 3 rings (SSSR count). The molecule has 2 heterocycles. The van der Waals surface area contributed by atoms with Crippen LogP contribution >= 0.6 is 0 Å². The smallest absolute Gasteiger partial charge is 0.266 e. The zero-order valence-corrected chi connectivity index (χ0v) is 12.5. The first-order chi connectivity index (χ1) is 9.88. The van der Waals surface area contributed by atoms with E-state index in [0.29, 0.717) is 12.0 Å². The van der Waals surface area contributed by atoms with Crippen molar-refractivity contribution in [2.24, 2.45) is 0 Å². The summed E-state index contributed by atoms with van der Waals surface area (Å²) in [6, 6.07) is 0.512. The van der Waals surface area contributed by atoms with E-state index in [1.54, 1.807) is 0 Å². The average molecular weight is 278 g/mol. The van der Waals surface area contributed by atoms with E-state index >= 15 is 0 Å². The highest BCUT2D eigenvalue weighted by Crippen LogP contribution is 2.34. The molecule has 0 spiro atoms. The second kappa shape index (κ2) is 6.57. The Hall–Kier alpha value is -1.10. The van der Waals surface area contributed by atoms with Gasteiger partial charge in [-0.25, -0.2) is 0 Å². The summed E-state index contributed by atoms with van der Waals surface area (Å²) in [5, 5.41) is 7.78. The molecule has 2 atom stereocenters. The van der Waals surface area contributed by atoms with Gasteiger partial charge in [-0.3, -0.25) is 0 Å². The van der Waals surface area contributed by atoms with Crippen LogP contribution < -0.4 is 10.2 Å².